The van der Waals surface area contributed by atoms with Crippen molar-refractivity contribution in [2.45, 2.75) is 63.1 Å². The number of hydrogen-bond acceptors (Lipinski definition) is 5. The van der Waals surface area contributed by atoms with E-state index in [1.165, 1.54) is 12.1 Å². The molecule has 3 rings (SSSR count). The van der Waals surface area contributed by atoms with E-state index in [2.05, 4.69) is 15.0 Å². The van der Waals surface area contributed by atoms with Gasteiger partial charge in [0.05, 0.1) is 0 Å². The van der Waals surface area contributed by atoms with Gasteiger partial charge in [-0.25, -0.2) is 17.8 Å². The molecule has 31 heavy (non-hydrogen) atoms. The molecule has 1 fully saturated rings. The maximum absolute atomic E-state index is 14.0. The molecule has 2 aromatic rings. The van der Waals surface area contributed by atoms with E-state index in [0.717, 1.165) is 43.4 Å². The number of amides is 1. The van der Waals surface area contributed by atoms with Gasteiger partial charge in [-0.3, -0.25) is 4.79 Å². The molecule has 0 saturated heterocycles. The monoisotopic (exact) mass is 449 g/mol. The van der Waals surface area contributed by atoms with Crippen molar-refractivity contribution in [3.8, 4) is 5.88 Å². The maximum atomic E-state index is 14.0. The van der Waals surface area contributed by atoms with E-state index in [9.17, 15) is 17.6 Å². The summed E-state index contributed by atoms with van der Waals surface area (Å²) >= 11 is 0. The van der Waals surface area contributed by atoms with Crippen LogP contribution in [0, 0.1) is 11.7 Å². The summed E-state index contributed by atoms with van der Waals surface area (Å²) in [6.45, 7) is 3.62. The molecule has 1 amide bonds. The van der Waals surface area contributed by atoms with Gasteiger partial charge in [-0.05, 0) is 55.4 Å². The summed E-state index contributed by atoms with van der Waals surface area (Å²) in [5, 5.41) is 2.75. The van der Waals surface area contributed by atoms with Gasteiger partial charge in [-0.15, -0.1) is 0 Å². The van der Waals surface area contributed by atoms with Gasteiger partial charge in [-0.1, -0.05) is 26.0 Å². The largest absolute Gasteiger partial charge is 0.474 e. The molecule has 7 nitrogen and oxygen atoms in total. The van der Waals surface area contributed by atoms with Crippen molar-refractivity contribution in [3.63, 3.8) is 0 Å². The lowest BCUT2D eigenvalue weighted by molar-refractivity contribution is -0.123. The van der Waals surface area contributed by atoms with Crippen LogP contribution in [0.4, 0.5) is 4.39 Å². The Morgan fingerprint density at radius 1 is 1.23 bits per heavy atom. The van der Waals surface area contributed by atoms with E-state index in [0.29, 0.717) is 5.88 Å². The van der Waals surface area contributed by atoms with Gasteiger partial charge in [0.25, 0.3) is 0 Å². The summed E-state index contributed by atoms with van der Waals surface area (Å²) < 4.78 is 47.4. The van der Waals surface area contributed by atoms with Crippen LogP contribution in [-0.2, 0) is 21.4 Å². The summed E-state index contributed by atoms with van der Waals surface area (Å²) in [6, 6.07) is 7.53. The topological polar surface area (TPSA) is 97.4 Å². The third-order valence-corrected chi connectivity index (χ3v) is 6.69. The van der Waals surface area contributed by atoms with E-state index in [1.807, 2.05) is 0 Å². The molecule has 1 heterocycles. The first kappa shape index (κ1) is 23.1. The molecule has 1 atom stereocenters. The Morgan fingerprint density at radius 2 is 1.94 bits per heavy atom. The molecule has 1 saturated carbocycles. The Balaban J connectivity index is 1.64. The number of nitrogens with zero attached hydrogens (tertiary/aromatic N) is 1. The van der Waals surface area contributed by atoms with Crippen LogP contribution in [0.1, 0.15) is 45.1 Å². The van der Waals surface area contributed by atoms with E-state index in [1.54, 1.807) is 32.2 Å². The first-order chi connectivity index (χ1) is 14.8. The van der Waals surface area contributed by atoms with Crippen LogP contribution < -0.4 is 14.8 Å². The van der Waals surface area contributed by atoms with Crippen molar-refractivity contribution in [1.29, 1.82) is 0 Å². The lowest BCUT2D eigenvalue weighted by atomic mass is 10.0. The molecular weight excluding hydrogens is 421 g/mol. The quantitative estimate of drug-likeness (QED) is 0.613. The lowest BCUT2D eigenvalue weighted by Gasteiger charge is -2.22. The maximum Gasteiger partial charge on any atom is 0.244 e. The van der Waals surface area contributed by atoms with E-state index >= 15 is 0 Å². The van der Waals surface area contributed by atoms with E-state index in [4.69, 9.17) is 4.74 Å². The third kappa shape index (κ3) is 6.24. The van der Waals surface area contributed by atoms with Gasteiger partial charge in [0.1, 0.15) is 22.9 Å². The Kier molecular flexibility index (Phi) is 7.61. The Morgan fingerprint density at radius 3 is 2.61 bits per heavy atom. The van der Waals surface area contributed by atoms with Gasteiger partial charge in [0, 0.05) is 18.8 Å². The van der Waals surface area contributed by atoms with Crippen molar-refractivity contribution in [3.05, 3.63) is 54.0 Å². The summed E-state index contributed by atoms with van der Waals surface area (Å²) in [4.78, 5) is 16.5. The Bertz CT molecular complexity index is 1010. The minimum absolute atomic E-state index is 0.176. The summed E-state index contributed by atoms with van der Waals surface area (Å²) in [5.41, 5.74) is 0.788. The number of benzene rings is 1. The van der Waals surface area contributed by atoms with Crippen molar-refractivity contribution in [2.24, 2.45) is 5.92 Å². The average molecular weight is 450 g/mol. The normalized spacial score (nSPS) is 15.7. The highest BCUT2D eigenvalue weighted by Gasteiger charge is 2.29. The van der Waals surface area contributed by atoms with Crippen LogP contribution in [0.3, 0.4) is 0 Å². The summed E-state index contributed by atoms with van der Waals surface area (Å²) in [7, 11) is -4.20. The van der Waals surface area contributed by atoms with Crippen molar-refractivity contribution in [2.75, 3.05) is 0 Å². The number of halogens is 1. The van der Waals surface area contributed by atoms with Crippen LogP contribution in [0.5, 0.6) is 5.88 Å². The number of hydrogen-bond donors (Lipinski definition) is 2. The van der Waals surface area contributed by atoms with Gasteiger partial charge >= 0.3 is 0 Å². The zero-order valence-electron chi connectivity index (χ0n) is 17.7. The zero-order chi connectivity index (χ0) is 22.4. The fourth-order valence-electron chi connectivity index (χ4n) is 3.49. The SMILES string of the molecule is CC(C)[C@H](NS(=O)(=O)c1ccccc1F)C(=O)NCc1ccnc(OC2CCCC2)c1. The number of sulfonamides is 1. The molecule has 2 N–H and O–H groups in total. The average Bonchev–Trinajstić information content (AvgIpc) is 3.23. The molecule has 0 bridgehead atoms. The smallest absolute Gasteiger partial charge is 0.244 e. The molecule has 0 aliphatic heterocycles. The van der Waals surface area contributed by atoms with Gasteiger partial charge in [-0.2, -0.15) is 4.72 Å². The van der Waals surface area contributed by atoms with Crippen LogP contribution in [0.15, 0.2) is 47.5 Å². The third-order valence-electron chi connectivity index (χ3n) is 5.21. The summed E-state index contributed by atoms with van der Waals surface area (Å²) in [6.07, 6.45) is 6.13. The molecule has 1 aromatic heterocycles. The Labute approximate surface area is 182 Å². The summed E-state index contributed by atoms with van der Waals surface area (Å²) in [5.74, 6) is -1.20. The second-order valence-electron chi connectivity index (χ2n) is 8.02. The first-order valence-electron chi connectivity index (χ1n) is 10.4. The fourth-order valence-corrected chi connectivity index (χ4v) is 4.91. The molecule has 0 unspecified atom stereocenters. The van der Waals surface area contributed by atoms with E-state index < -0.39 is 32.7 Å². The molecule has 1 aliphatic carbocycles. The lowest BCUT2D eigenvalue weighted by Crippen LogP contribution is -2.49. The zero-order valence-corrected chi connectivity index (χ0v) is 18.5. The first-order valence-corrected chi connectivity index (χ1v) is 11.9. The van der Waals surface area contributed by atoms with Gasteiger partial charge in [0.15, 0.2) is 0 Å². The predicted octanol–water partition coefficient (Wildman–Crippen LogP) is 3.16. The minimum atomic E-state index is -4.20. The van der Waals surface area contributed by atoms with Crippen LogP contribution >= 0.6 is 0 Å². The van der Waals surface area contributed by atoms with Crippen LogP contribution in [0.25, 0.3) is 0 Å². The second kappa shape index (κ2) is 10.2. The van der Waals surface area contributed by atoms with E-state index in [-0.39, 0.29) is 18.6 Å². The number of carbonyl (C=O) groups excluding carboxylic acids is 1. The number of aromatic nitrogens is 1. The predicted molar refractivity (Wildman–Crippen MR) is 114 cm³/mol. The van der Waals surface area contributed by atoms with Crippen LogP contribution in [-0.4, -0.2) is 31.5 Å². The van der Waals surface area contributed by atoms with Crippen molar-refractivity contribution < 1.29 is 22.3 Å². The van der Waals surface area contributed by atoms with Crippen molar-refractivity contribution >= 4 is 15.9 Å². The second-order valence-corrected chi connectivity index (χ2v) is 9.70. The molecule has 9 heteroatoms. The van der Waals surface area contributed by atoms with Gasteiger partial charge in [0.2, 0.25) is 21.8 Å². The molecule has 0 radical (unpaired) electrons. The highest BCUT2D eigenvalue weighted by atomic mass is 32.2. The number of ether oxygens (including phenoxy) is 1. The highest BCUT2D eigenvalue weighted by molar-refractivity contribution is 7.89. The molecular formula is C22H28FN3O4S. The fraction of sp³-hybridized carbons (Fsp3) is 0.455. The molecule has 1 aromatic carbocycles. The number of carbonyl (C=O) groups is 1. The number of pyridine rings is 1. The molecule has 168 valence electrons. The molecule has 1 aliphatic rings. The van der Waals surface area contributed by atoms with Gasteiger partial charge < -0.3 is 10.1 Å². The minimum Gasteiger partial charge on any atom is -0.474 e. The number of nitrogens with one attached hydrogen (secondary N) is 2. The Hall–Kier alpha value is -2.52. The van der Waals surface area contributed by atoms with Crippen LogP contribution in [0.2, 0.25) is 0 Å². The number of rotatable bonds is 9. The van der Waals surface area contributed by atoms with Crippen molar-refractivity contribution in [1.82, 2.24) is 15.0 Å². The molecule has 0 spiro atoms. The standard InChI is InChI=1S/C22H28FN3O4S/c1-15(2)21(26-31(28,29)19-10-6-5-9-18(19)23)22(27)25-14-16-11-12-24-20(13-16)30-17-7-3-4-8-17/h5-6,9-13,15,17,21,26H,3-4,7-8,14H2,1-2H3,(H,25,27)/t21-/m0/s1. The highest BCUT2D eigenvalue weighted by Crippen LogP contribution is 2.23.